The highest BCUT2D eigenvalue weighted by atomic mass is 32.1. The number of nitrogens with one attached hydrogen (secondary N) is 1. The lowest BCUT2D eigenvalue weighted by molar-refractivity contribution is 0.643. The van der Waals surface area contributed by atoms with Crippen molar-refractivity contribution in [2.45, 2.75) is 39.2 Å². The summed E-state index contributed by atoms with van der Waals surface area (Å²) in [5, 5.41) is 7.62. The molecule has 0 amide bonds. The number of aromatic nitrogens is 2. The minimum atomic E-state index is 0.465. The van der Waals surface area contributed by atoms with Gasteiger partial charge in [-0.05, 0) is 37.7 Å². The molecule has 1 atom stereocenters. The third-order valence-electron chi connectivity index (χ3n) is 3.31. The van der Waals surface area contributed by atoms with Gasteiger partial charge in [0, 0.05) is 17.1 Å². The lowest BCUT2D eigenvalue weighted by Crippen LogP contribution is -2.15. The van der Waals surface area contributed by atoms with E-state index >= 15 is 0 Å². The zero-order valence-corrected chi connectivity index (χ0v) is 12.8. The molecule has 1 unspecified atom stereocenters. The molecule has 0 saturated heterocycles. The van der Waals surface area contributed by atoms with Crippen LogP contribution in [0.15, 0.2) is 5.38 Å². The summed E-state index contributed by atoms with van der Waals surface area (Å²) in [5.41, 5.74) is 8.01. The highest BCUT2D eigenvalue weighted by Crippen LogP contribution is 2.40. The number of hydrogen-bond acceptors (Lipinski definition) is 6. The summed E-state index contributed by atoms with van der Waals surface area (Å²) < 4.78 is 4.27. The van der Waals surface area contributed by atoms with E-state index < -0.39 is 0 Å². The van der Waals surface area contributed by atoms with E-state index in [1.807, 2.05) is 12.3 Å². The van der Waals surface area contributed by atoms with E-state index in [1.54, 1.807) is 11.3 Å². The number of aryl methyl sites for hydroxylation is 1. The van der Waals surface area contributed by atoms with Crippen LogP contribution in [0.3, 0.4) is 0 Å². The molecule has 0 bridgehead atoms. The van der Waals surface area contributed by atoms with E-state index in [9.17, 15) is 0 Å². The van der Waals surface area contributed by atoms with Crippen molar-refractivity contribution in [3.63, 3.8) is 0 Å². The molecule has 19 heavy (non-hydrogen) atoms. The minimum Gasteiger partial charge on any atom is -0.382 e. The molecule has 6 heteroatoms. The SMILES string of the molecule is Cc1csc(-c2c(N)nsc2NC(C)CC2CC2)n1. The molecule has 1 aliphatic rings. The normalized spacial score (nSPS) is 16.5. The Kier molecular flexibility index (Phi) is 3.45. The van der Waals surface area contributed by atoms with Crippen LogP contribution in [-0.2, 0) is 0 Å². The van der Waals surface area contributed by atoms with Crippen molar-refractivity contribution in [3.05, 3.63) is 11.1 Å². The Bertz CT molecular complexity index is 571. The zero-order valence-electron chi connectivity index (χ0n) is 11.1. The topological polar surface area (TPSA) is 63.8 Å². The molecule has 2 heterocycles. The molecule has 3 rings (SSSR count). The minimum absolute atomic E-state index is 0.465. The first-order valence-electron chi connectivity index (χ1n) is 6.57. The van der Waals surface area contributed by atoms with E-state index in [0.29, 0.717) is 11.9 Å². The molecule has 102 valence electrons. The van der Waals surface area contributed by atoms with Crippen LogP contribution >= 0.6 is 22.9 Å². The third kappa shape index (κ3) is 2.90. The number of anilines is 2. The van der Waals surface area contributed by atoms with Gasteiger partial charge < -0.3 is 11.1 Å². The van der Waals surface area contributed by atoms with Gasteiger partial charge in [0.15, 0.2) is 0 Å². The first kappa shape index (κ1) is 12.9. The van der Waals surface area contributed by atoms with Gasteiger partial charge >= 0.3 is 0 Å². The van der Waals surface area contributed by atoms with Gasteiger partial charge in [0.05, 0.1) is 5.56 Å². The van der Waals surface area contributed by atoms with Crippen LogP contribution in [0.2, 0.25) is 0 Å². The molecular weight excluding hydrogens is 276 g/mol. The molecule has 0 aliphatic heterocycles. The maximum absolute atomic E-state index is 6.00. The van der Waals surface area contributed by atoms with Crippen molar-refractivity contribution >= 4 is 33.7 Å². The molecule has 0 aromatic carbocycles. The van der Waals surface area contributed by atoms with E-state index in [0.717, 1.165) is 27.2 Å². The maximum Gasteiger partial charge on any atom is 0.149 e. The summed E-state index contributed by atoms with van der Waals surface area (Å²) in [7, 11) is 0. The second-order valence-corrected chi connectivity index (χ2v) is 6.92. The summed E-state index contributed by atoms with van der Waals surface area (Å²) in [6.45, 7) is 4.23. The number of thiazole rings is 1. The molecule has 1 fully saturated rings. The Balaban J connectivity index is 1.81. The maximum atomic E-state index is 6.00. The Hall–Kier alpha value is -1.14. The van der Waals surface area contributed by atoms with E-state index in [-0.39, 0.29) is 0 Å². The summed E-state index contributed by atoms with van der Waals surface area (Å²) >= 11 is 3.06. The standard InChI is InChI=1S/C13H18N4S2/c1-7(5-9-3-4-9)15-13-10(11(14)17-19-13)12-16-8(2)6-18-12/h6-7,9,15H,3-5H2,1-2H3,(H2,14,17). The second kappa shape index (κ2) is 5.09. The van der Waals surface area contributed by atoms with Gasteiger partial charge in [0.2, 0.25) is 0 Å². The molecule has 4 nitrogen and oxygen atoms in total. The highest BCUT2D eigenvalue weighted by molar-refractivity contribution is 7.15. The Morgan fingerprint density at radius 3 is 2.95 bits per heavy atom. The molecule has 3 N–H and O–H groups in total. The van der Waals surface area contributed by atoms with Crippen molar-refractivity contribution in [3.8, 4) is 10.6 Å². The second-order valence-electron chi connectivity index (χ2n) is 5.29. The van der Waals surface area contributed by atoms with Gasteiger partial charge in [-0.3, -0.25) is 0 Å². The fourth-order valence-corrected chi connectivity index (χ4v) is 3.96. The van der Waals surface area contributed by atoms with Crippen LogP contribution in [0, 0.1) is 12.8 Å². The number of nitrogen functional groups attached to an aromatic ring is 1. The van der Waals surface area contributed by atoms with Crippen molar-refractivity contribution < 1.29 is 0 Å². The van der Waals surface area contributed by atoms with Crippen LogP contribution < -0.4 is 11.1 Å². The molecule has 2 aromatic rings. The number of rotatable bonds is 5. The summed E-state index contributed by atoms with van der Waals surface area (Å²) in [5.74, 6) is 1.50. The lowest BCUT2D eigenvalue weighted by Gasteiger charge is -2.13. The monoisotopic (exact) mass is 294 g/mol. The van der Waals surface area contributed by atoms with E-state index in [1.165, 1.54) is 30.8 Å². The average Bonchev–Trinajstić information content (AvgIpc) is 2.95. The first-order valence-corrected chi connectivity index (χ1v) is 8.23. The fourth-order valence-electron chi connectivity index (χ4n) is 2.21. The van der Waals surface area contributed by atoms with Crippen LogP contribution in [0.4, 0.5) is 10.8 Å². The predicted octanol–water partition coefficient (Wildman–Crippen LogP) is 3.76. The smallest absolute Gasteiger partial charge is 0.149 e. The summed E-state index contributed by atoms with van der Waals surface area (Å²) in [4.78, 5) is 4.52. The molecular formula is C13H18N4S2. The van der Waals surface area contributed by atoms with Gasteiger partial charge in [-0.1, -0.05) is 12.8 Å². The first-order chi connectivity index (χ1) is 9.13. The average molecular weight is 294 g/mol. The van der Waals surface area contributed by atoms with Gasteiger partial charge in [-0.25, -0.2) is 4.98 Å². The fraction of sp³-hybridized carbons (Fsp3) is 0.538. The quantitative estimate of drug-likeness (QED) is 0.881. The van der Waals surface area contributed by atoms with Crippen molar-refractivity contribution in [2.75, 3.05) is 11.1 Å². The Morgan fingerprint density at radius 1 is 1.53 bits per heavy atom. The third-order valence-corrected chi connectivity index (χ3v) is 5.08. The van der Waals surface area contributed by atoms with Crippen molar-refractivity contribution in [2.24, 2.45) is 5.92 Å². The van der Waals surface area contributed by atoms with Gasteiger partial charge in [0.25, 0.3) is 0 Å². The van der Waals surface area contributed by atoms with Crippen LogP contribution in [0.1, 0.15) is 31.9 Å². The molecule has 2 aromatic heterocycles. The van der Waals surface area contributed by atoms with Gasteiger partial charge in [-0.15, -0.1) is 11.3 Å². The van der Waals surface area contributed by atoms with Crippen LogP contribution in [-0.4, -0.2) is 15.4 Å². The number of nitrogens with two attached hydrogens (primary N) is 1. The Morgan fingerprint density at radius 2 is 2.32 bits per heavy atom. The van der Waals surface area contributed by atoms with Crippen LogP contribution in [0.5, 0.6) is 0 Å². The summed E-state index contributed by atoms with van der Waals surface area (Å²) in [6, 6.07) is 0.465. The van der Waals surface area contributed by atoms with Crippen LogP contribution in [0.25, 0.3) is 10.6 Å². The lowest BCUT2D eigenvalue weighted by atomic mass is 10.1. The number of hydrogen-bond donors (Lipinski definition) is 2. The molecule has 0 radical (unpaired) electrons. The highest BCUT2D eigenvalue weighted by Gasteiger charge is 2.25. The molecule has 0 spiro atoms. The van der Waals surface area contributed by atoms with E-state index in [4.69, 9.17) is 5.73 Å². The molecule has 1 aliphatic carbocycles. The zero-order chi connectivity index (χ0) is 13.4. The van der Waals surface area contributed by atoms with Gasteiger partial charge in [-0.2, -0.15) is 4.37 Å². The van der Waals surface area contributed by atoms with Gasteiger partial charge in [0.1, 0.15) is 15.8 Å². The van der Waals surface area contributed by atoms with Crippen molar-refractivity contribution in [1.29, 1.82) is 0 Å². The van der Waals surface area contributed by atoms with Crippen molar-refractivity contribution in [1.82, 2.24) is 9.36 Å². The molecule has 1 saturated carbocycles. The number of nitrogens with zero attached hydrogens (tertiary/aromatic N) is 2. The predicted molar refractivity (Wildman–Crippen MR) is 82.8 cm³/mol. The Labute approximate surface area is 121 Å². The summed E-state index contributed by atoms with van der Waals surface area (Å²) in [6.07, 6.45) is 4.00. The van der Waals surface area contributed by atoms with E-state index in [2.05, 4.69) is 21.6 Å². The largest absolute Gasteiger partial charge is 0.382 e.